The first-order valence-electron chi connectivity index (χ1n) is 5.72. The molecular formula is C11H16ClN5O2. The molecule has 0 aromatic carbocycles. The van der Waals surface area contributed by atoms with E-state index in [0.717, 1.165) is 0 Å². The van der Waals surface area contributed by atoms with Crippen molar-refractivity contribution in [3.05, 3.63) is 17.3 Å². The summed E-state index contributed by atoms with van der Waals surface area (Å²) in [5.74, 6) is -0.518. The van der Waals surface area contributed by atoms with Gasteiger partial charge in [-0.25, -0.2) is 0 Å². The van der Waals surface area contributed by atoms with Crippen LogP contribution in [0, 0.1) is 5.92 Å². The van der Waals surface area contributed by atoms with E-state index in [2.05, 4.69) is 20.8 Å². The van der Waals surface area contributed by atoms with Crippen molar-refractivity contribution in [2.45, 2.75) is 19.9 Å². The fourth-order valence-electron chi connectivity index (χ4n) is 1.16. The summed E-state index contributed by atoms with van der Waals surface area (Å²) in [5.41, 5.74) is 5.63. The van der Waals surface area contributed by atoms with Crippen LogP contribution in [0.1, 0.15) is 13.8 Å². The van der Waals surface area contributed by atoms with Crippen molar-refractivity contribution in [1.82, 2.24) is 15.5 Å². The topological polar surface area (TPSA) is 110 Å². The predicted molar refractivity (Wildman–Crippen MR) is 71.5 cm³/mol. The normalized spacial score (nSPS) is 12.1. The molecule has 1 aromatic heterocycles. The van der Waals surface area contributed by atoms with Gasteiger partial charge in [-0.1, -0.05) is 25.4 Å². The number of carbonyl (C=O) groups excluding carboxylic acids is 2. The molecule has 2 amide bonds. The van der Waals surface area contributed by atoms with Crippen LogP contribution in [0.2, 0.25) is 5.15 Å². The van der Waals surface area contributed by atoms with Crippen molar-refractivity contribution in [2.24, 2.45) is 11.7 Å². The summed E-state index contributed by atoms with van der Waals surface area (Å²) in [7, 11) is 0. The zero-order chi connectivity index (χ0) is 14.4. The molecule has 0 fully saturated rings. The summed E-state index contributed by atoms with van der Waals surface area (Å²) in [6.07, 6.45) is 0. The van der Waals surface area contributed by atoms with Gasteiger partial charge in [-0.3, -0.25) is 9.59 Å². The first kappa shape index (κ1) is 15.3. The fraction of sp³-hybridized carbons (Fsp3) is 0.455. The highest BCUT2D eigenvalue weighted by molar-refractivity contribution is 6.29. The molecule has 1 atom stereocenters. The first-order chi connectivity index (χ1) is 8.90. The highest BCUT2D eigenvalue weighted by atomic mass is 35.5. The molecule has 1 heterocycles. The molecule has 0 saturated heterocycles. The van der Waals surface area contributed by atoms with Crippen molar-refractivity contribution in [3.8, 4) is 0 Å². The Labute approximate surface area is 115 Å². The number of nitrogens with two attached hydrogens (primary N) is 1. The van der Waals surface area contributed by atoms with Gasteiger partial charge < -0.3 is 16.4 Å². The maximum Gasteiger partial charge on any atom is 0.244 e. The third kappa shape index (κ3) is 5.19. The van der Waals surface area contributed by atoms with Crippen LogP contribution in [0.4, 0.5) is 5.82 Å². The zero-order valence-electron chi connectivity index (χ0n) is 10.7. The molecule has 19 heavy (non-hydrogen) atoms. The van der Waals surface area contributed by atoms with E-state index in [1.54, 1.807) is 0 Å². The molecule has 0 saturated carbocycles. The lowest BCUT2D eigenvalue weighted by molar-refractivity contribution is -0.125. The van der Waals surface area contributed by atoms with Crippen LogP contribution in [0.15, 0.2) is 12.1 Å². The Morgan fingerprint density at radius 1 is 1.37 bits per heavy atom. The number of amides is 2. The lowest BCUT2D eigenvalue weighted by Gasteiger charge is -2.14. The van der Waals surface area contributed by atoms with Crippen LogP contribution < -0.4 is 16.4 Å². The van der Waals surface area contributed by atoms with Crippen LogP contribution in [0.3, 0.4) is 0 Å². The summed E-state index contributed by atoms with van der Waals surface area (Å²) < 4.78 is 0. The minimum absolute atomic E-state index is 0.00481. The molecule has 0 aliphatic rings. The van der Waals surface area contributed by atoms with Crippen LogP contribution in [0.25, 0.3) is 0 Å². The van der Waals surface area contributed by atoms with E-state index in [-0.39, 0.29) is 29.3 Å². The third-order valence-electron chi connectivity index (χ3n) is 2.34. The summed E-state index contributed by atoms with van der Waals surface area (Å²) >= 11 is 5.56. The van der Waals surface area contributed by atoms with Gasteiger partial charge in [-0.2, -0.15) is 0 Å². The Morgan fingerprint density at radius 3 is 2.58 bits per heavy atom. The second kappa shape index (κ2) is 7.01. The largest absolute Gasteiger partial charge is 0.346 e. The van der Waals surface area contributed by atoms with Gasteiger partial charge in [0.05, 0.1) is 12.6 Å². The standard InChI is InChI=1S/C11H16ClN5O2/c1-6(2)10(13)11(19)14-5-9(18)15-8-4-3-7(12)16-17-8/h3-4,6,10H,5,13H2,1-2H3,(H,14,19)(H,15,17,18)/t10-/m0/s1. The Hall–Kier alpha value is -1.73. The summed E-state index contributed by atoms with van der Waals surface area (Å²) in [4.78, 5) is 23.1. The molecule has 1 rings (SSSR count). The SMILES string of the molecule is CC(C)[C@H](N)C(=O)NCC(=O)Nc1ccc(Cl)nn1. The Kier molecular flexibility index (Phi) is 5.65. The number of halogens is 1. The van der Waals surface area contributed by atoms with Gasteiger partial charge in [0.2, 0.25) is 11.8 Å². The maximum absolute atomic E-state index is 11.5. The zero-order valence-corrected chi connectivity index (χ0v) is 11.4. The quantitative estimate of drug-likeness (QED) is 0.714. The van der Waals surface area contributed by atoms with Crippen LogP contribution in [-0.2, 0) is 9.59 Å². The minimum atomic E-state index is -0.636. The number of nitrogens with zero attached hydrogens (tertiary/aromatic N) is 2. The van der Waals surface area contributed by atoms with Crippen LogP contribution in [0.5, 0.6) is 0 Å². The minimum Gasteiger partial charge on any atom is -0.346 e. The second-order valence-corrected chi connectivity index (χ2v) is 4.66. The van der Waals surface area contributed by atoms with Gasteiger partial charge in [0, 0.05) is 0 Å². The summed E-state index contributed by atoms with van der Waals surface area (Å²) in [6.45, 7) is 3.48. The monoisotopic (exact) mass is 285 g/mol. The average Bonchev–Trinajstić information content (AvgIpc) is 2.37. The third-order valence-corrected chi connectivity index (χ3v) is 2.55. The fourth-order valence-corrected chi connectivity index (χ4v) is 1.26. The average molecular weight is 286 g/mol. The molecule has 8 heteroatoms. The number of aromatic nitrogens is 2. The highest BCUT2D eigenvalue weighted by Gasteiger charge is 2.17. The van der Waals surface area contributed by atoms with Crippen LogP contribution in [-0.4, -0.2) is 34.6 Å². The Balaban J connectivity index is 2.40. The van der Waals surface area contributed by atoms with Crippen molar-refractivity contribution in [3.63, 3.8) is 0 Å². The van der Waals surface area contributed by atoms with Crippen molar-refractivity contribution >= 4 is 29.2 Å². The first-order valence-corrected chi connectivity index (χ1v) is 6.10. The van der Waals surface area contributed by atoms with E-state index in [1.165, 1.54) is 12.1 Å². The van der Waals surface area contributed by atoms with Gasteiger partial charge >= 0.3 is 0 Å². The molecule has 104 valence electrons. The Bertz CT molecular complexity index is 449. The van der Waals surface area contributed by atoms with Crippen molar-refractivity contribution in [1.29, 1.82) is 0 Å². The smallest absolute Gasteiger partial charge is 0.244 e. The van der Waals surface area contributed by atoms with Gasteiger partial charge in [0.15, 0.2) is 11.0 Å². The number of carbonyl (C=O) groups is 2. The molecule has 0 aliphatic carbocycles. The molecule has 0 spiro atoms. The molecule has 1 aromatic rings. The van der Waals surface area contributed by atoms with Gasteiger partial charge in [0.1, 0.15) is 0 Å². The number of nitrogens with one attached hydrogen (secondary N) is 2. The molecule has 7 nitrogen and oxygen atoms in total. The summed E-state index contributed by atoms with van der Waals surface area (Å²) in [5, 5.41) is 12.4. The molecular weight excluding hydrogens is 270 g/mol. The van der Waals surface area contributed by atoms with E-state index < -0.39 is 11.9 Å². The van der Waals surface area contributed by atoms with Gasteiger partial charge in [0.25, 0.3) is 0 Å². The number of hydrogen-bond acceptors (Lipinski definition) is 5. The van der Waals surface area contributed by atoms with Gasteiger partial charge in [-0.05, 0) is 18.1 Å². The molecule has 4 N–H and O–H groups in total. The van der Waals surface area contributed by atoms with E-state index in [4.69, 9.17) is 17.3 Å². The van der Waals surface area contributed by atoms with Crippen LogP contribution >= 0.6 is 11.6 Å². The molecule has 0 aliphatic heterocycles. The van der Waals surface area contributed by atoms with Gasteiger partial charge in [-0.15, -0.1) is 10.2 Å². The summed E-state index contributed by atoms with van der Waals surface area (Å²) in [6, 6.07) is 2.37. The number of rotatable bonds is 5. The molecule has 0 unspecified atom stereocenters. The lowest BCUT2D eigenvalue weighted by Crippen LogP contribution is -2.46. The number of hydrogen-bond donors (Lipinski definition) is 3. The van der Waals surface area contributed by atoms with Crippen molar-refractivity contribution in [2.75, 3.05) is 11.9 Å². The number of anilines is 1. The molecule has 0 bridgehead atoms. The predicted octanol–water partition coefficient (Wildman–Crippen LogP) is 0.168. The van der Waals surface area contributed by atoms with E-state index in [1.807, 2.05) is 13.8 Å². The van der Waals surface area contributed by atoms with E-state index >= 15 is 0 Å². The Morgan fingerprint density at radius 2 is 2.05 bits per heavy atom. The van der Waals surface area contributed by atoms with Crippen molar-refractivity contribution < 1.29 is 9.59 Å². The second-order valence-electron chi connectivity index (χ2n) is 4.28. The highest BCUT2D eigenvalue weighted by Crippen LogP contribution is 2.05. The lowest BCUT2D eigenvalue weighted by atomic mass is 10.1. The maximum atomic E-state index is 11.5. The molecule has 0 radical (unpaired) electrons. The van der Waals surface area contributed by atoms with E-state index in [0.29, 0.717) is 0 Å². The van der Waals surface area contributed by atoms with E-state index in [9.17, 15) is 9.59 Å².